The minimum Gasteiger partial charge on any atom is -0.441 e. The van der Waals surface area contributed by atoms with Crippen LogP contribution in [0.15, 0.2) is 28.7 Å². The highest BCUT2D eigenvalue weighted by molar-refractivity contribution is 6.33. The van der Waals surface area contributed by atoms with Crippen molar-refractivity contribution < 1.29 is 9.21 Å². The number of oxazole rings is 1. The van der Waals surface area contributed by atoms with Crippen LogP contribution in [-0.4, -0.2) is 46.9 Å². The number of likely N-dealkylation sites (N-methyl/N-ethyl adjacent to an activating group) is 1. The summed E-state index contributed by atoms with van der Waals surface area (Å²) in [4.78, 5) is 20.6. The van der Waals surface area contributed by atoms with Crippen molar-refractivity contribution in [3.05, 3.63) is 40.7 Å². The summed E-state index contributed by atoms with van der Waals surface area (Å²) in [5.41, 5.74) is 1.63. The highest BCUT2D eigenvalue weighted by atomic mass is 35.5. The van der Waals surface area contributed by atoms with E-state index in [1.807, 2.05) is 45.2 Å². The molecule has 122 valence electrons. The molecule has 0 spiro atoms. The topological polar surface area (TPSA) is 49.6 Å². The first-order valence-electron chi connectivity index (χ1n) is 7.67. The van der Waals surface area contributed by atoms with Crippen LogP contribution >= 0.6 is 11.6 Å². The summed E-state index contributed by atoms with van der Waals surface area (Å²) in [6, 6.07) is 7.34. The van der Waals surface area contributed by atoms with Crippen molar-refractivity contribution in [2.24, 2.45) is 0 Å². The van der Waals surface area contributed by atoms with Gasteiger partial charge < -0.3 is 9.32 Å². The van der Waals surface area contributed by atoms with E-state index in [-0.39, 0.29) is 11.9 Å². The molecule has 1 aromatic heterocycles. The Hall–Kier alpha value is -1.85. The van der Waals surface area contributed by atoms with E-state index in [0.717, 1.165) is 30.1 Å². The minimum absolute atomic E-state index is 0.142. The zero-order valence-corrected chi connectivity index (χ0v) is 14.3. The van der Waals surface area contributed by atoms with Gasteiger partial charge in [0.05, 0.1) is 22.3 Å². The number of benzene rings is 1. The van der Waals surface area contributed by atoms with Gasteiger partial charge in [0.15, 0.2) is 0 Å². The molecule has 0 bridgehead atoms. The van der Waals surface area contributed by atoms with Gasteiger partial charge in [0.1, 0.15) is 5.76 Å². The van der Waals surface area contributed by atoms with Gasteiger partial charge in [0.25, 0.3) is 0 Å². The van der Waals surface area contributed by atoms with Crippen LogP contribution in [0.3, 0.4) is 0 Å². The number of nitrogens with zero attached hydrogens (tertiary/aromatic N) is 3. The second kappa shape index (κ2) is 6.34. The zero-order chi connectivity index (χ0) is 16.6. The molecule has 23 heavy (non-hydrogen) atoms. The van der Waals surface area contributed by atoms with Gasteiger partial charge in [-0.25, -0.2) is 4.98 Å². The average molecular weight is 334 g/mol. The number of piperazine rings is 1. The molecule has 1 fully saturated rings. The number of hydrogen-bond donors (Lipinski definition) is 0. The van der Waals surface area contributed by atoms with E-state index in [4.69, 9.17) is 16.0 Å². The molecule has 1 aliphatic rings. The Morgan fingerprint density at radius 1 is 1.35 bits per heavy atom. The molecular formula is C17H20ClN3O2. The van der Waals surface area contributed by atoms with Crippen LogP contribution in [0.25, 0.3) is 11.5 Å². The standard InChI is InChI=1S/C17H20ClN3O2/c1-11-17(22)20(3)8-9-21(11)10-15-12(2)23-16(19-15)13-6-4-5-7-14(13)18/h4-7,11H,8-10H2,1-3H3/t11-/m0/s1. The molecule has 0 unspecified atom stereocenters. The van der Waals surface area contributed by atoms with E-state index < -0.39 is 0 Å². The Morgan fingerprint density at radius 3 is 2.83 bits per heavy atom. The number of rotatable bonds is 3. The summed E-state index contributed by atoms with van der Waals surface area (Å²) >= 11 is 6.21. The molecule has 1 aromatic carbocycles. The van der Waals surface area contributed by atoms with Crippen LogP contribution in [0.2, 0.25) is 5.02 Å². The van der Waals surface area contributed by atoms with Crippen molar-refractivity contribution in [3.8, 4) is 11.5 Å². The molecule has 1 amide bonds. The molecule has 1 atom stereocenters. The molecule has 3 rings (SSSR count). The van der Waals surface area contributed by atoms with Gasteiger partial charge >= 0.3 is 0 Å². The predicted octanol–water partition coefficient (Wildman–Crippen LogP) is 2.97. The van der Waals surface area contributed by atoms with Gasteiger partial charge in [-0.2, -0.15) is 0 Å². The fourth-order valence-electron chi connectivity index (χ4n) is 2.79. The van der Waals surface area contributed by atoms with E-state index in [1.54, 1.807) is 4.90 Å². The molecule has 0 saturated carbocycles. The molecule has 2 heterocycles. The Kier molecular flexibility index (Phi) is 4.41. The normalized spacial score (nSPS) is 19.4. The number of amides is 1. The SMILES string of the molecule is Cc1oc(-c2ccccc2Cl)nc1CN1CCN(C)C(=O)[C@@H]1C. The lowest BCUT2D eigenvalue weighted by molar-refractivity contribution is -0.139. The summed E-state index contributed by atoms with van der Waals surface area (Å²) in [5, 5.41) is 0.614. The largest absolute Gasteiger partial charge is 0.441 e. The van der Waals surface area contributed by atoms with E-state index >= 15 is 0 Å². The van der Waals surface area contributed by atoms with Gasteiger partial charge in [-0.05, 0) is 26.0 Å². The van der Waals surface area contributed by atoms with Crippen molar-refractivity contribution in [3.63, 3.8) is 0 Å². The van der Waals surface area contributed by atoms with Crippen LogP contribution in [0.5, 0.6) is 0 Å². The summed E-state index contributed by atoms with van der Waals surface area (Å²) in [6.45, 7) is 5.99. The monoisotopic (exact) mass is 333 g/mol. The number of halogens is 1. The molecule has 0 radical (unpaired) electrons. The maximum absolute atomic E-state index is 12.1. The summed E-state index contributed by atoms with van der Waals surface area (Å²) < 4.78 is 5.79. The van der Waals surface area contributed by atoms with Crippen molar-refractivity contribution in [2.75, 3.05) is 20.1 Å². The summed E-state index contributed by atoms with van der Waals surface area (Å²) in [7, 11) is 1.84. The maximum atomic E-state index is 12.1. The van der Waals surface area contributed by atoms with Crippen molar-refractivity contribution >= 4 is 17.5 Å². The smallest absolute Gasteiger partial charge is 0.239 e. The third-order valence-corrected chi connectivity index (χ3v) is 4.68. The van der Waals surface area contributed by atoms with E-state index in [1.165, 1.54) is 0 Å². The highest BCUT2D eigenvalue weighted by Crippen LogP contribution is 2.29. The molecule has 2 aromatic rings. The Bertz CT molecular complexity index is 728. The molecule has 6 heteroatoms. The van der Waals surface area contributed by atoms with E-state index in [9.17, 15) is 4.79 Å². The zero-order valence-electron chi connectivity index (χ0n) is 13.5. The van der Waals surface area contributed by atoms with Gasteiger partial charge in [-0.3, -0.25) is 9.69 Å². The Labute approximate surface area is 140 Å². The molecule has 0 N–H and O–H groups in total. The van der Waals surface area contributed by atoms with E-state index in [0.29, 0.717) is 17.5 Å². The van der Waals surface area contributed by atoms with Crippen molar-refractivity contribution in [1.29, 1.82) is 0 Å². The van der Waals surface area contributed by atoms with E-state index in [2.05, 4.69) is 9.88 Å². The first-order chi connectivity index (χ1) is 11.0. The van der Waals surface area contributed by atoms with Crippen LogP contribution in [0.4, 0.5) is 0 Å². The summed E-state index contributed by atoms with van der Waals surface area (Å²) in [6.07, 6.45) is 0. The lowest BCUT2D eigenvalue weighted by Gasteiger charge is -2.36. The quantitative estimate of drug-likeness (QED) is 0.866. The second-order valence-corrected chi connectivity index (χ2v) is 6.32. The second-order valence-electron chi connectivity index (χ2n) is 5.91. The third kappa shape index (κ3) is 3.12. The van der Waals surface area contributed by atoms with Crippen molar-refractivity contribution in [2.45, 2.75) is 26.4 Å². The van der Waals surface area contributed by atoms with Crippen LogP contribution in [0, 0.1) is 6.92 Å². The van der Waals surface area contributed by atoms with Crippen LogP contribution < -0.4 is 0 Å². The first kappa shape index (κ1) is 16.0. The molecular weight excluding hydrogens is 314 g/mol. The maximum Gasteiger partial charge on any atom is 0.239 e. The average Bonchev–Trinajstić information content (AvgIpc) is 2.89. The molecule has 0 aliphatic carbocycles. The number of aromatic nitrogens is 1. The highest BCUT2D eigenvalue weighted by Gasteiger charge is 2.30. The number of aryl methyl sites for hydroxylation is 1. The molecule has 1 saturated heterocycles. The lowest BCUT2D eigenvalue weighted by Crippen LogP contribution is -2.53. The molecule has 5 nitrogen and oxygen atoms in total. The van der Waals surface area contributed by atoms with Crippen LogP contribution in [-0.2, 0) is 11.3 Å². The van der Waals surface area contributed by atoms with Gasteiger partial charge in [0, 0.05) is 26.7 Å². The van der Waals surface area contributed by atoms with Gasteiger partial charge in [-0.1, -0.05) is 23.7 Å². The fraction of sp³-hybridized carbons (Fsp3) is 0.412. The number of carbonyl (C=O) groups is 1. The minimum atomic E-state index is -0.145. The Morgan fingerprint density at radius 2 is 2.09 bits per heavy atom. The van der Waals surface area contributed by atoms with Gasteiger partial charge in [-0.15, -0.1) is 0 Å². The number of hydrogen-bond acceptors (Lipinski definition) is 4. The first-order valence-corrected chi connectivity index (χ1v) is 8.05. The van der Waals surface area contributed by atoms with Gasteiger partial charge in [0.2, 0.25) is 11.8 Å². The lowest BCUT2D eigenvalue weighted by atomic mass is 10.1. The van der Waals surface area contributed by atoms with Crippen LogP contribution in [0.1, 0.15) is 18.4 Å². The Balaban J connectivity index is 1.82. The number of carbonyl (C=O) groups excluding carboxylic acids is 1. The molecule has 1 aliphatic heterocycles. The predicted molar refractivity (Wildman–Crippen MR) is 89.2 cm³/mol. The van der Waals surface area contributed by atoms with Crippen molar-refractivity contribution in [1.82, 2.24) is 14.8 Å². The summed E-state index contributed by atoms with van der Waals surface area (Å²) in [5.74, 6) is 1.43. The third-order valence-electron chi connectivity index (χ3n) is 4.35. The fourth-order valence-corrected chi connectivity index (χ4v) is 3.01.